The highest BCUT2D eigenvalue weighted by atomic mass is 32.1. The van der Waals surface area contributed by atoms with E-state index in [1.807, 2.05) is 6.92 Å². The Labute approximate surface area is 162 Å². The lowest BCUT2D eigenvalue weighted by Crippen LogP contribution is -2.41. The van der Waals surface area contributed by atoms with E-state index in [1.165, 1.54) is 22.5 Å². The van der Waals surface area contributed by atoms with E-state index in [9.17, 15) is 9.59 Å². The number of morpholine rings is 1. The van der Waals surface area contributed by atoms with Crippen molar-refractivity contribution in [3.63, 3.8) is 0 Å². The van der Waals surface area contributed by atoms with Crippen LogP contribution in [0.15, 0.2) is 29.0 Å². The van der Waals surface area contributed by atoms with E-state index in [2.05, 4.69) is 15.2 Å². The number of rotatable bonds is 8. The number of nitrogens with zero attached hydrogens (tertiary/aromatic N) is 3. The lowest BCUT2D eigenvalue weighted by molar-refractivity contribution is -0.116. The van der Waals surface area contributed by atoms with Crippen LogP contribution in [0.4, 0.5) is 5.13 Å². The van der Waals surface area contributed by atoms with Crippen molar-refractivity contribution in [3.05, 3.63) is 35.2 Å². The number of amides is 2. The van der Waals surface area contributed by atoms with E-state index in [0.717, 1.165) is 44.1 Å². The maximum atomic E-state index is 12.7. The zero-order chi connectivity index (χ0) is 19.1. The van der Waals surface area contributed by atoms with Crippen LogP contribution in [0.2, 0.25) is 0 Å². The van der Waals surface area contributed by atoms with Gasteiger partial charge in [0.2, 0.25) is 5.91 Å². The predicted molar refractivity (Wildman–Crippen MR) is 102 cm³/mol. The summed E-state index contributed by atoms with van der Waals surface area (Å²) < 4.78 is 10.6. The summed E-state index contributed by atoms with van der Waals surface area (Å²) in [6.07, 6.45) is 3.93. The van der Waals surface area contributed by atoms with E-state index < -0.39 is 0 Å². The van der Waals surface area contributed by atoms with Crippen molar-refractivity contribution in [3.8, 4) is 0 Å². The lowest BCUT2D eigenvalue weighted by Gasteiger charge is -2.28. The van der Waals surface area contributed by atoms with Gasteiger partial charge in [0.15, 0.2) is 10.9 Å². The average Bonchev–Trinajstić information content (AvgIpc) is 3.33. The number of furan rings is 1. The van der Waals surface area contributed by atoms with E-state index in [0.29, 0.717) is 11.7 Å². The van der Waals surface area contributed by atoms with Crippen molar-refractivity contribution >= 4 is 28.3 Å². The van der Waals surface area contributed by atoms with Crippen LogP contribution in [0, 0.1) is 6.92 Å². The van der Waals surface area contributed by atoms with Crippen LogP contribution in [0.5, 0.6) is 0 Å². The number of carbonyl (C=O) groups excluding carboxylic acids is 2. The second-order valence-corrected chi connectivity index (χ2v) is 7.57. The average molecular weight is 392 g/mol. The molecule has 1 aliphatic rings. The van der Waals surface area contributed by atoms with Gasteiger partial charge in [0.1, 0.15) is 6.54 Å². The molecule has 27 heavy (non-hydrogen) atoms. The molecule has 0 spiro atoms. The molecule has 0 aromatic carbocycles. The molecule has 0 unspecified atom stereocenters. The highest BCUT2D eigenvalue weighted by Gasteiger charge is 2.22. The first-order valence-electron chi connectivity index (χ1n) is 8.97. The second kappa shape index (κ2) is 9.63. The van der Waals surface area contributed by atoms with Gasteiger partial charge in [-0.25, -0.2) is 4.98 Å². The number of nitrogens with one attached hydrogen (secondary N) is 1. The number of anilines is 1. The molecule has 1 aliphatic heterocycles. The Morgan fingerprint density at radius 1 is 1.37 bits per heavy atom. The second-order valence-electron chi connectivity index (χ2n) is 6.34. The van der Waals surface area contributed by atoms with Crippen LogP contribution in [0.1, 0.15) is 21.9 Å². The lowest BCUT2D eigenvalue weighted by atomic mass is 10.3. The molecule has 3 rings (SSSR count). The Bertz CT molecular complexity index is 740. The first-order chi connectivity index (χ1) is 13.1. The molecular formula is C18H24N4O4S. The van der Waals surface area contributed by atoms with Gasteiger partial charge < -0.3 is 19.4 Å². The summed E-state index contributed by atoms with van der Waals surface area (Å²) in [4.78, 5) is 34.0. The van der Waals surface area contributed by atoms with Gasteiger partial charge in [0.05, 0.1) is 19.5 Å². The van der Waals surface area contributed by atoms with Crippen molar-refractivity contribution < 1.29 is 18.7 Å². The van der Waals surface area contributed by atoms with Gasteiger partial charge >= 0.3 is 0 Å². The van der Waals surface area contributed by atoms with Crippen LogP contribution in [0.3, 0.4) is 0 Å². The molecule has 0 atom stereocenters. The number of thiazole rings is 1. The molecular weight excluding hydrogens is 368 g/mol. The van der Waals surface area contributed by atoms with Crippen molar-refractivity contribution in [1.82, 2.24) is 14.8 Å². The van der Waals surface area contributed by atoms with Crippen molar-refractivity contribution in [2.75, 3.05) is 51.3 Å². The van der Waals surface area contributed by atoms with Crippen molar-refractivity contribution in [2.45, 2.75) is 13.3 Å². The Balaban J connectivity index is 1.56. The van der Waals surface area contributed by atoms with E-state index >= 15 is 0 Å². The molecule has 146 valence electrons. The fourth-order valence-corrected chi connectivity index (χ4v) is 3.54. The van der Waals surface area contributed by atoms with Crippen molar-refractivity contribution in [1.29, 1.82) is 0 Å². The third kappa shape index (κ3) is 5.88. The van der Waals surface area contributed by atoms with Gasteiger partial charge in [-0.15, -0.1) is 11.3 Å². The number of aromatic nitrogens is 1. The normalized spacial score (nSPS) is 14.9. The molecule has 0 radical (unpaired) electrons. The summed E-state index contributed by atoms with van der Waals surface area (Å²) in [5, 5.41) is 3.29. The van der Waals surface area contributed by atoms with E-state index in [-0.39, 0.29) is 24.1 Å². The maximum absolute atomic E-state index is 12.7. The molecule has 8 nitrogen and oxygen atoms in total. The molecule has 1 N–H and O–H groups in total. The van der Waals surface area contributed by atoms with Gasteiger partial charge in [0, 0.05) is 37.3 Å². The van der Waals surface area contributed by atoms with Crippen LogP contribution in [-0.4, -0.2) is 72.5 Å². The Hall–Kier alpha value is -2.23. The maximum Gasteiger partial charge on any atom is 0.290 e. The minimum absolute atomic E-state index is 0.0404. The summed E-state index contributed by atoms with van der Waals surface area (Å²) in [5.74, 6) is -0.317. The monoisotopic (exact) mass is 392 g/mol. The number of hydrogen-bond acceptors (Lipinski definition) is 7. The number of ether oxygens (including phenoxy) is 1. The summed E-state index contributed by atoms with van der Waals surface area (Å²) in [6, 6.07) is 3.27. The Morgan fingerprint density at radius 3 is 2.85 bits per heavy atom. The largest absolute Gasteiger partial charge is 0.459 e. The SMILES string of the molecule is Cc1cnc(NC(=O)CN(CCCN2CCOCC2)C(=O)c2ccco2)s1. The van der Waals surface area contributed by atoms with Crippen LogP contribution in [-0.2, 0) is 9.53 Å². The zero-order valence-electron chi connectivity index (χ0n) is 15.3. The van der Waals surface area contributed by atoms with Crippen LogP contribution >= 0.6 is 11.3 Å². The molecule has 9 heteroatoms. The molecule has 1 fully saturated rings. The quantitative estimate of drug-likeness (QED) is 0.738. The topological polar surface area (TPSA) is 87.9 Å². The van der Waals surface area contributed by atoms with Gasteiger partial charge in [-0.05, 0) is 25.5 Å². The summed E-state index contributed by atoms with van der Waals surface area (Å²) in [7, 11) is 0. The predicted octanol–water partition coefficient (Wildman–Crippen LogP) is 1.85. The zero-order valence-corrected chi connectivity index (χ0v) is 16.2. The standard InChI is InChI=1S/C18H24N4O4S/c1-14-12-19-18(27-14)20-16(23)13-22(17(24)15-4-2-9-26-15)6-3-5-21-7-10-25-11-8-21/h2,4,9,12H,3,5-8,10-11,13H2,1H3,(H,19,20,23). The Morgan fingerprint density at radius 2 is 2.19 bits per heavy atom. The molecule has 0 aliphatic carbocycles. The number of hydrogen-bond donors (Lipinski definition) is 1. The van der Waals surface area contributed by atoms with Crippen molar-refractivity contribution in [2.24, 2.45) is 0 Å². The molecule has 2 amide bonds. The summed E-state index contributed by atoms with van der Waals surface area (Å²) >= 11 is 1.40. The van der Waals surface area contributed by atoms with E-state index in [4.69, 9.17) is 9.15 Å². The number of carbonyl (C=O) groups is 2. The van der Waals surface area contributed by atoms with Crippen LogP contribution in [0.25, 0.3) is 0 Å². The molecule has 0 bridgehead atoms. The molecule has 1 saturated heterocycles. The van der Waals surface area contributed by atoms with Gasteiger partial charge in [-0.1, -0.05) is 0 Å². The van der Waals surface area contributed by atoms with Gasteiger partial charge in [-0.2, -0.15) is 0 Å². The smallest absolute Gasteiger partial charge is 0.290 e. The molecule has 0 saturated carbocycles. The molecule has 2 aromatic rings. The fraction of sp³-hybridized carbons (Fsp3) is 0.500. The minimum Gasteiger partial charge on any atom is -0.459 e. The summed E-state index contributed by atoms with van der Waals surface area (Å²) in [6.45, 7) is 6.49. The minimum atomic E-state index is -0.285. The third-order valence-corrected chi connectivity index (χ3v) is 5.06. The van der Waals surface area contributed by atoms with Gasteiger partial charge in [0.25, 0.3) is 5.91 Å². The highest BCUT2D eigenvalue weighted by Crippen LogP contribution is 2.16. The Kier molecular flexibility index (Phi) is 6.97. The number of aryl methyl sites for hydroxylation is 1. The first-order valence-corrected chi connectivity index (χ1v) is 9.78. The first kappa shape index (κ1) is 19.5. The van der Waals surface area contributed by atoms with E-state index in [1.54, 1.807) is 18.3 Å². The summed E-state index contributed by atoms with van der Waals surface area (Å²) in [5.41, 5.74) is 0. The highest BCUT2D eigenvalue weighted by molar-refractivity contribution is 7.15. The molecule has 3 heterocycles. The van der Waals surface area contributed by atoms with Crippen LogP contribution < -0.4 is 5.32 Å². The fourth-order valence-electron chi connectivity index (χ4n) is 2.86. The van der Waals surface area contributed by atoms with Gasteiger partial charge in [-0.3, -0.25) is 14.5 Å². The molecule has 2 aromatic heterocycles. The third-order valence-electron chi connectivity index (χ3n) is 4.23.